The molecule has 1 aliphatic heterocycles. The maximum absolute atomic E-state index is 5.59. The van der Waals surface area contributed by atoms with Crippen molar-refractivity contribution < 1.29 is 4.74 Å². The predicted molar refractivity (Wildman–Crippen MR) is 68.1 cm³/mol. The molecule has 0 radical (unpaired) electrons. The molecule has 0 bridgehead atoms. The van der Waals surface area contributed by atoms with Gasteiger partial charge in [0.25, 0.3) is 0 Å². The molecule has 1 aromatic heterocycles. The Bertz CT molecular complexity index is 362. The van der Waals surface area contributed by atoms with Crippen LogP contribution in [0.15, 0.2) is 6.07 Å². The third-order valence-electron chi connectivity index (χ3n) is 3.71. The minimum absolute atomic E-state index is 0.564. The van der Waals surface area contributed by atoms with Gasteiger partial charge >= 0.3 is 0 Å². The van der Waals surface area contributed by atoms with Crippen LogP contribution in [-0.2, 0) is 24.6 Å². The molecule has 2 heterocycles. The summed E-state index contributed by atoms with van der Waals surface area (Å²) in [6.07, 6.45) is 3.17. The normalized spacial score (nSPS) is 25.1. The van der Waals surface area contributed by atoms with E-state index in [1.54, 1.807) is 0 Å². The van der Waals surface area contributed by atoms with Gasteiger partial charge < -0.3 is 10.1 Å². The predicted octanol–water partition coefficient (Wildman–Crippen LogP) is 1.15. The van der Waals surface area contributed by atoms with E-state index in [9.17, 15) is 0 Å². The van der Waals surface area contributed by atoms with Crippen molar-refractivity contribution >= 4 is 0 Å². The topological polar surface area (TPSA) is 39.1 Å². The summed E-state index contributed by atoms with van der Waals surface area (Å²) >= 11 is 0. The van der Waals surface area contributed by atoms with Crippen molar-refractivity contribution in [2.75, 3.05) is 20.3 Å². The van der Waals surface area contributed by atoms with Crippen LogP contribution in [0.2, 0.25) is 0 Å². The van der Waals surface area contributed by atoms with Gasteiger partial charge in [-0.15, -0.1) is 0 Å². The maximum Gasteiger partial charge on any atom is 0.0624 e. The molecule has 1 aromatic rings. The molecule has 0 aromatic carbocycles. The number of rotatable bonds is 4. The highest BCUT2D eigenvalue weighted by Gasteiger charge is 2.25. The second-order valence-corrected chi connectivity index (χ2v) is 4.83. The van der Waals surface area contributed by atoms with Crippen LogP contribution in [0.1, 0.15) is 24.7 Å². The smallest absolute Gasteiger partial charge is 0.0624 e. The molecule has 1 aliphatic rings. The number of nitrogens with zero attached hydrogens (tertiary/aromatic N) is 2. The van der Waals surface area contributed by atoms with E-state index in [1.807, 2.05) is 18.8 Å². The van der Waals surface area contributed by atoms with Crippen molar-refractivity contribution in [1.82, 2.24) is 15.1 Å². The van der Waals surface area contributed by atoms with Gasteiger partial charge in [0, 0.05) is 31.3 Å². The van der Waals surface area contributed by atoms with E-state index in [0.717, 1.165) is 32.5 Å². The molecule has 1 saturated heterocycles. The minimum Gasteiger partial charge on any atom is -0.381 e. The van der Waals surface area contributed by atoms with Gasteiger partial charge in [-0.05, 0) is 32.4 Å². The standard InChI is InChI=1S/C13H23N3O/c1-4-11-8-12(16(3)15-11)7-10-9-17-6-5-13(10)14-2/h8,10,13-14H,4-7,9H2,1-3H3. The molecule has 4 nitrogen and oxygen atoms in total. The molecule has 2 unspecified atom stereocenters. The van der Waals surface area contributed by atoms with E-state index in [1.165, 1.54) is 11.4 Å². The van der Waals surface area contributed by atoms with Crippen LogP contribution in [0.3, 0.4) is 0 Å². The highest BCUT2D eigenvalue weighted by molar-refractivity contribution is 5.11. The Kier molecular flexibility index (Phi) is 4.18. The number of aromatic nitrogens is 2. The zero-order valence-electron chi connectivity index (χ0n) is 11.1. The lowest BCUT2D eigenvalue weighted by atomic mass is 9.91. The van der Waals surface area contributed by atoms with Crippen LogP contribution in [0, 0.1) is 5.92 Å². The molecule has 0 amide bonds. The summed E-state index contributed by atoms with van der Waals surface area (Å²) in [6.45, 7) is 3.89. The molecule has 1 N–H and O–H groups in total. The molecule has 2 atom stereocenters. The molecule has 0 aliphatic carbocycles. The average molecular weight is 237 g/mol. The Hall–Kier alpha value is -0.870. The van der Waals surface area contributed by atoms with Crippen LogP contribution in [-0.4, -0.2) is 36.1 Å². The summed E-state index contributed by atoms with van der Waals surface area (Å²) < 4.78 is 7.60. The molecule has 2 rings (SSSR count). The highest BCUT2D eigenvalue weighted by Crippen LogP contribution is 2.20. The number of ether oxygens (including phenoxy) is 1. The first-order valence-electron chi connectivity index (χ1n) is 6.51. The number of hydrogen-bond donors (Lipinski definition) is 1. The third kappa shape index (κ3) is 2.87. The first-order chi connectivity index (χ1) is 8.24. The quantitative estimate of drug-likeness (QED) is 0.854. The summed E-state index contributed by atoms with van der Waals surface area (Å²) in [7, 11) is 4.08. The van der Waals surface area contributed by atoms with E-state index in [2.05, 4.69) is 23.4 Å². The fourth-order valence-electron chi connectivity index (χ4n) is 2.58. The van der Waals surface area contributed by atoms with Gasteiger partial charge in [0.1, 0.15) is 0 Å². The fourth-order valence-corrected chi connectivity index (χ4v) is 2.58. The van der Waals surface area contributed by atoms with Crippen LogP contribution in [0.4, 0.5) is 0 Å². The summed E-state index contributed by atoms with van der Waals surface area (Å²) in [5.41, 5.74) is 2.50. The molecule has 96 valence electrons. The van der Waals surface area contributed by atoms with E-state index < -0.39 is 0 Å². The van der Waals surface area contributed by atoms with Gasteiger partial charge in [-0.2, -0.15) is 5.10 Å². The van der Waals surface area contributed by atoms with Gasteiger partial charge in [-0.3, -0.25) is 4.68 Å². The van der Waals surface area contributed by atoms with E-state index in [-0.39, 0.29) is 0 Å². The van der Waals surface area contributed by atoms with Gasteiger partial charge in [-0.1, -0.05) is 6.92 Å². The zero-order valence-corrected chi connectivity index (χ0v) is 11.1. The van der Waals surface area contributed by atoms with Crippen molar-refractivity contribution in [3.8, 4) is 0 Å². The highest BCUT2D eigenvalue weighted by atomic mass is 16.5. The van der Waals surface area contributed by atoms with E-state index >= 15 is 0 Å². The number of hydrogen-bond acceptors (Lipinski definition) is 3. The van der Waals surface area contributed by atoms with Crippen molar-refractivity contribution in [2.24, 2.45) is 13.0 Å². The lowest BCUT2D eigenvalue weighted by Crippen LogP contribution is -2.42. The molecule has 4 heteroatoms. The lowest BCUT2D eigenvalue weighted by Gasteiger charge is -2.31. The molecular weight excluding hydrogens is 214 g/mol. The first kappa shape index (κ1) is 12.6. The Morgan fingerprint density at radius 3 is 3.06 bits per heavy atom. The van der Waals surface area contributed by atoms with Crippen molar-refractivity contribution in [3.63, 3.8) is 0 Å². The third-order valence-corrected chi connectivity index (χ3v) is 3.71. The van der Waals surface area contributed by atoms with Crippen LogP contribution in [0.25, 0.3) is 0 Å². The van der Waals surface area contributed by atoms with Crippen LogP contribution >= 0.6 is 0 Å². The maximum atomic E-state index is 5.59. The largest absolute Gasteiger partial charge is 0.381 e. The SMILES string of the molecule is CCc1cc(CC2COCCC2NC)n(C)n1. The lowest BCUT2D eigenvalue weighted by molar-refractivity contribution is 0.0335. The minimum atomic E-state index is 0.564. The zero-order chi connectivity index (χ0) is 12.3. The first-order valence-corrected chi connectivity index (χ1v) is 6.51. The van der Waals surface area contributed by atoms with Crippen molar-refractivity contribution in [1.29, 1.82) is 0 Å². The fraction of sp³-hybridized carbons (Fsp3) is 0.769. The molecular formula is C13H23N3O. The number of aryl methyl sites for hydroxylation is 2. The van der Waals surface area contributed by atoms with E-state index in [4.69, 9.17) is 4.74 Å². The van der Waals surface area contributed by atoms with Gasteiger partial charge in [0.2, 0.25) is 0 Å². The Morgan fingerprint density at radius 1 is 1.59 bits per heavy atom. The summed E-state index contributed by atoms with van der Waals surface area (Å²) in [6, 6.07) is 2.80. The van der Waals surface area contributed by atoms with E-state index in [0.29, 0.717) is 12.0 Å². The van der Waals surface area contributed by atoms with Crippen molar-refractivity contribution in [2.45, 2.75) is 32.2 Å². The summed E-state index contributed by atoms with van der Waals surface area (Å²) in [5.74, 6) is 0.564. The second-order valence-electron chi connectivity index (χ2n) is 4.83. The van der Waals surface area contributed by atoms with Gasteiger partial charge in [0.05, 0.1) is 12.3 Å². The Balaban J connectivity index is 2.05. The Morgan fingerprint density at radius 2 is 2.41 bits per heavy atom. The second kappa shape index (κ2) is 5.65. The van der Waals surface area contributed by atoms with Gasteiger partial charge in [0.15, 0.2) is 0 Å². The van der Waals surface area contributed by atoms with Gasteiger partial charge in [-0.25, -0.2) is 0 Å². The average Bonchev–Trinajstić information content (AvgIpc) is 2.71. The molecule has 0 spiro atoms. The van der Waals surface area contributed by atoms with Crippen LogP contribution < -0.4 is 5.32 Å². The number of nitrogens with one attached hydrogen (secondary N) is 1. The molecule has 0 saturated carbocycles. The Labute approximate surface area is 103 Å². The summed E-state index contributed by atoms with van der Waals surface area (Å²) in [4.78, 5) is 0. The van der Waals surface area contributed by atoms with Crippen LogP contribution in [0.5, 0.6) is 0 Å². The summed E-state index contributed by atoms with van der Waals surface area (Å²) in [5, 5.41) is 7.91. The molecule has 1 fully saturated rings. The monoisotopic (exact) mass is 237 g/mol. The van der Waals surface area contributed by atoms with Crippen molar-refractivity contribution in [3.05, 3.63) is 17.5 Å². The molecule has 17 heavy (non-hydrogen) atoms.